The Balaban J connectivity index is 1.72. The summed E-state index contributed by atoms with van der Waals surface area (Å²) in [5.41, 5.74) is 0.883. The third-order valence-corrected chi connectivity index (χ3v) is 4.18. The molecule has 1 aliphatic rings. The van der Waals surface area contributed by atoms with Crippen molar-refractivity contribution in [2.45, 2.75) is 6.42 Å². The molecule has 0 aromatic heterocycles. The van der Waals surface area contributed by atoms with Crippen molar-refractivity contribution in [3.8, 4) is 0 Å². The van der Waals surface area contributed by atoms with Gasteiger partial charge in [-0.1, -0.05) is 29.8 Å². The summed E-state index contributed by atoms with van der Waals surface area (Å²) < 4.78 is 5.27. The largest absolute Gasteiger partial charge is 0.394 e. The maximum Gasteiger partial charge on any atom is 0.227 e. The highest BCUT2D eigenvalue weighted by molar-refractivity contribution is 6.31. The molecule has 122 valence electrons. The van der Waals surface area contributed by atoms with Crippen molar-refractivity contribution in [1.82, 2.24) is 9.80 Å². The van der Waals surface area contributed by atoms with Crippen molar-refractivity contribution in [3.05, 3.63) is 34.9 Å². The number of amides is 1. The van der Waals surface area contributed by atoms with E-state index in [1.165, 1.54) is 0 Å². The third-order valence-electron chi connectivity index (χ3n) is 3.81. The molecule has 0 atom stereocenters. The molecule has 1 aliphatic heterocycles. The molecule has 1 amide bonds. The van der Waals surface area contributed by atoms with Gasteiger partial charge in [0.05, 0.1) is 26.2 Å². The number of piperazine rings is 1. The van der Waals surface area contributed by atoms with Crippen LogP contribution in [0.3, 0.4) is 0 Å². The number of nitrogens with zero attached hydrogens (tertiary/aromatic N) is 2. The Morgan fingerprint density at radius 1 is 1.18 bits per heavy atom. The molecule has 1 aromatic carbocycles. The summed E-state index contributed by atoms with van der Waals surface area (Å²) in [5, 5.41) is 9.30. The van der Waals surface area contributed by atoms with Gasteiger partial charge in [-0.3, -0.25) is 9.69 Å². The molecule has 1 heterocycles. The Labute approximate surface area is 136 Å². The third kappa shape index (κ3) is 5.25. The SMILES string of the molecule is O=C(Cc1ccccc1Cl)N1CCN(CCOCCO)CC1. The first-order chi connectivity index (χ1) is 10.7. The van der Waals surface area contributed by atoms with Crippen LogP contribution >= 0.6 is 11.6 Å². The lowest BCUT2D eigenvalue weighted by atomic mass is 10.1. The molecule has 0 radical (unpaired) electrons. The van der Waals surface area contributed by atoms with Crippen molar-refractivity contribution < 1.29 is 14.6 Å². The van der Waals surface area contributed by atoms with Crippen molar-refractivity contribution in [3.63, 3.8) is 0 Å². The molecule has 0 aliphatic carbocycles. The second kappa shape index (κ2) is 9.10. The number of carbonyl (C=O) groups is 1. The van der Waals surface area contributed by atoms with E-state index in [4.69, 9.17) is 21.4 Å². The number of hydrogen-bond donors (Lipinski definition) is 1. The maximum absolute atomic E-state index is 12.3. The van der Waals surface area contributed by atoms with Gasteiger partial charge < -0.3 is 14.7 Å². The topological polar surface area (TPSA) is 53.0 Å². The molecule has 1 aromatic rings. The van der Waals surface area contributed by atoms with Gasteiger partial charge in [-0.2, -0.15) is 0 Å². The smallest absolute Gasteiger partial charge is 0.227 e. The number of aliphatic hydroxyl groups excluding tert-OH is 1. The molecule has 22 heavy (non-hydrogen) atoms. The van der Waals surface area contributed by atoms with Crippen molar-refractivity contribution in [2.24, 2.45) is 0 Å². The first kappa shape index (κ1) is 17.2. The van der Waals surface area contributed by atoms with Gasteiger partial charge in [-0.15, -0.1) is 0 Å². The number of benzene rings is 1. The summed E-state index contributed by atoms with van der Waals surface area (Å²) in [5.74, 6) is 0.129. The minimum atomic E-state index is 0.0598. The first-order valence-electron chi connectivity index (χ1n) is 7.63. The van der Waals surface area contributed by atoms with Crippen molar-refractivity contribution in [1.29, 1.82) is 0 Å². The van der Waals surface area contributed by atoms with Gasteiger partial charge in [0, 0.05) is 37.7 Å². The zero-order valence-electron chi connectivity index (χ0n) is 12.7. The number of aliphatic hydroxyl groups is 1. The summed E-state index contributed by atoms with van der Waals surface area (Å²) in [6, 6.07) is 7.48. The lowest BCUT2D eigenvalue weighted by molar-refractivity contribution is -0.132. The van der Waals surface area contributed by atoms with Crippen LogP contribution in [0.2, 0.25) is 5.02 Å². The van der Waals surface area contributed by atoms with E-state index in [9.17, 15) is 4.79 Å². The Kier molecular flexibility index (Phi) is 7.12. The van der Waals surface area contributed by atoms with Gasteiger partial charge in [-0.25, -0.2) is 0 Å². The standard InChI is InChI=1S/C16H23ClN2O3/c17-15-4-2-1-3-14(15)13-16(21)19-7-5-18(6-8-19)9-11-22-12-10-20/h1-4,20H,5-13H2. The average molecular weight is 327 g/mol. The van der Waals surface area contributed by atoms with E-state index in [0.29, 0.717) is 24.7 Å². The van der Waals surface area contributed by atoms with E-state index >= 15 is 0 Å². The second-order valence-corrected chi connectivity index (χ2v) is 5.73. The predicted molar refractivity (Wildman–Crippen MR) is 86.1 cm³/mol. The molecule has 1 N–H and O–H groups in total. The number of carbonyl (C=O) groups excluding carboxylic acids is 1. The van der Waals surface area contributed by atoms with Crippen LogP contribution in [0.15, 0.2) is 24.3 Å². The molecule has 1 saturated heterocycles. The summed E-state index contributed by atoms with van der Waals surface area (Å²) in [6.07, 6.45) is 0.360. The maximum atomic E-state index is 12.3. The van der Waals surface area contributed by atoms with Crippen LogP contribution in [0.4, 0.5) is 0 Å². The highest BCUT2D eigenvalue weighted by atomic mass is 35.5. The molecule has 1 fully saturated rings. The average Bonchev–Trinajstić information content (AvgIpc) is 2.54. The van der Waals surface area contributed by atoms with Gasteiger partial charge in [-0.05, 0) is 11.6 Å². The highest BCUT2D eigenvalue weighted by Crippen LogP contribution is 2.16. The summed E-state index contributed by atoms with van der Waals surface area (Å²) >= 11 is 6.10. The second-order valence-electron chi connectivity index (χ2n) is 5.33. The Hall–Kier alpha value is -1.14. The molecule has 5 nitrogen and oxygen atoms in total. The van der Waals surface area contributed by atoms with Crippen LogP contribution < -0.4 is 0 Å². The van der Waals surface area contributed by atoms with Gasteiger partial charge in [0.15, 0.2) is 0 Å². The van der Waals surface area contributed by atoms with E-state index in [0.717, 1.165) is 38.3 Å². The first-order valence-corrected chi connectivity index (χ1v) is 8.00. The number of ether oxygens (including phenoxy) is 1. The molecular formula is C16H23ClN2O3. The van der Waals surface area contributed by atoms with Crippen LogP contribution in [0.25, 0.3) is 0 Å². The van der Waals surface area contributed by atoms with Gasteiger partial charge in [0.25, 0.3) is 0 Å². The molecule has 0 saturated carbocycles. The number of hydrogen-bond acceptors (Lipinski definition) is 4. The van der Waals surface area contributed by atoms with Gasteiger partial charge in [0.1, 0.15) is 0 Å². The minimum absolute atomic E-state index is 0.0598. The van der Waals surface area contributed by atoms with E-state index in [1.54, 1.807) is 0 Å². The van der Waals surface area contributed by atoms with Crippen LogP contribution in [0.1, 0.15) is 5.56 Å². The van der Waals surface area contributed by atoms with Crippen LogP contribution in [0, 0.1) is 0 Å². The lowest BCUT2D eigenvalue weighted by Gasteiger charge is -2.34. The predicted octanol–water partition coefficient (Wildman–Crippen LogP) is 1.04. The zero-order valence-corrected chi connectivity index (χ0v) is 13.5. The Morgan fingerprint density at radius 2 is 1.91 bits per heavy atom. The molecule has 6 heteroatoms. The molecule has 0 bridgehead atoms. The minimum Gasteiger partial charge on any atom is -0.394 e. The van der Waals surface area contributed by atoms with Gasteiger partial charge >= 0.3 is 0 Å². The molecule has 2 rings (SSSR count). The summed E-state index contributed by atoms with van der Waals surface area (Å²) in [4.78, 5) is 16.5. The Morgan fingerprint density at radius 3 is 2.59 bits per heavy atom. The van der Waals surface area contributed by atoms with Crippen molar-refractivity contribution >= 4 is 17.5 Å². The van der Waals surface area contributed by atoms with Crippen LogP contribution in [-0.4, -0.2) is 73.4 Å². The molecular weight excluding hydrogens is 304 g/mol. The van der Waals surface area contributed by atoms with E-state index in [-0.39, 0.29) is 12.5 Å². The van der Waals surface area contributed by atoms with Crippen LogP contribution in [-0.2, 0) is 16.0 Å². The van der Waals surface area contributed by atoms with E-state index in [2.05, 4.69) is 4.90 Å². The fourth-order valence-corrected chi connectivity index (χ4v) is 2.70. The van der Waals surface area contributed by atoms with Gasteiger partial charge in [0.2, 0.25) is 5.91 Å². The van der Waals surface area contributed by atoms with Crippen molar-refractivity contribution in [2.75, 3.05) is 52.5 Å². The zero-order chi connectivity index (χ0) is 15.8. The summed E-state index contributed by atoms with van der Waals surface area (Å²) in [7, 11) is 0. The van der Waals surface area contributed by atoms with Crippen LogP contribution in [0.5, 0.6) is 0 Å². The Bertz CT molecular complexity index is 476. The quantitative estimate of drug-likeness (QED) is 0.761. The fraction of sp³-hybridized carbons (Fsp3) is 0.562. The fourth-order valence-electron chi connectivity index (χ4n) is 2.50. The number of halogens is 1. The summed E-state index contributed by atoms with van der Waals surface area (Å²) in [6.45, 7) is 5.10. The van der Waals surface area contributed by atoms with E-state index < -0.39 is 0 Å². The number of rotatable bonds is 7. The molecule has 0 spiro atoms. The highest BCUT2D eigenvalue weighted by Gasteiger charge is 2.21. The lowest BCUT2D eigenvalue weighted by Crippen LogP contribution is -2.49. The molecule has 0 unspecified atom stereocenters. The van der Waals surface area contributed by atoms with E-state index in [1.807, 2.05) is 29.2 Å². The monoisotopic (exact) mass is 326 g/mol. The normalized spacial score (nSPS) is 16.0.